The van der Waals surface area contributed by atoms with Gasteiger partial charge < -0.3 is 10.8 Å². The summed E-state index contributed by atoms with van der Waals surface area (Å²) in [6.45, 7) is 3.86. The maximum atomic E-state index is 12.4. The molecule has 1 aromatic rings. The summed E-state index contributed by atoms with van der Waals surface area (Å²) in [5, 5.41) is 9.86. The standard InChI is InChI=1S/C12H18N2O3S/c1-9-7-10(13)3-4-11(9)18(16,17)14-6-5-12(2,15)8-14/h3-4,7,15H,5-6,8,13H2,1-2H3. The number of rotatable bonds is 2. The van der Waals surface area contributed by atoms with Crippen LogP contribution in [0.4, 0.5) is 5.69 Å². The van der Waals surface area contributed by atoms with E-state index >= 15 is 0 Å². The SMILES string of the molecule is Cc1cc(N)ccc1S(=O)(=O)N1CCC(C)(O)C1. The highest BCUT2D eigenvalue weighted by atomic mass is 32.2. The van der Waals surface area contributed by atoms with Crippen LogP contribution in [0.5, 0.6) is 0 Å². The Morgan fingerprint density at radius 2 is 2.11 bits per heavy atom. The van der Waals surface area contributed by atoms with Gasteiger partial charge in [0.2, 0.25) is 10.0 Å². The molecule has 5 nitrogen and oxygen atoms in total. The molecule has 1 unspecified atom stereocenters. The Morgan fingerprint density at radius 1 is 1.44 bits per heavy atom. The number of anilines is 1. The predicted octanol–water partition coefficient (Wildman–Crippen LogP) is 0.723. The van der Waals surface area contributed by atoms with Crippen molar-refractivity contribution >= 4 is 15.7 Å². The summed E-state index contributed by atoms with van der Waals surface area (Å²) in [5.41, 5.74) is 5.85. The van der Waals surface area contributed by atoms with Crippen LogP contribution in [-0.4, -0.2) is 36.5 Å². The second-order valence-electron chi connectivity index (χ2n) is 5.11. The van der Waals surface area contributed by atoms with Crippen molar-refractivity contribution in [2.75, 3.05) is 18.8 Å². The number of nitrogens with two attached hydrogens (primary N) is 1. The van der Waals surface area contributed by atoms with Crippen LogP contribution in [-0.2, 0) is 10.0 Å². The fourth-order valence-corrected chi connectivity index (χ4v) is 3.97. The normalized spacial score (nSPS) is 25.5. The smallest absolute Gasteiger partial charge is 0.243 e. The summed E-state index contributed by atoms with van der Waals surface area (Å²) in [6, 6.07) is 4.74. The number of aliphatic hydroxyl groups is 1. The molecule has 0 saturated carbocycles. The summed E-state index contributed by atoms with van der Waals surface area (Å²) in [7, 11) is -3.54. The highest BCUT2D eigenvalue weighted by Gasteiger charge is 2.38. The number of hydrogen-bond acceptors (Lipinski definition) is 4. The lowest BCUT2D eigenvalue weighted by atomic mass is 10.1. The predicted molar refractivity (Wildman–Crippen MR) is 69.6 cm³/mol. The lowest BCUT2D eigenvalue weighted by Crippen LogP contribution is -2.34. The maximum absolute atomic E-state index is 12.4. The summed E-state index contributed by atoms with van der Waals surface area (Å²) in [4.78, 5) is 0.259. The average Bonchev–Trinajstić information content (AvgIpc) is 2.58. The van der Waals surface area contributed by atoms with Gasteiger partial charge in [-0.25, -0.2) is 8.42 Å². The highest BCUT2D eigenvalue weighted by Crippen LogP contribution is 2.28. The Morgan fingerprint density at radius 3 is 2.61 bits per heavy atom. The Balaban J connectivity index is 2.38. The molecule has 0 bridgehead atoms. The Bertz CT molecular complexity index is 567. The molecule has 0 spiro atoms. The van der Waals surface area contributed by atoms with E-state index in [1.54, 1.807) is 26.0 Å². The van der Waals surface area contributed by atoms with Gasteiger partial charge in [0.1, 0.15) is 0 Å². The number of sulfonamides is 1. The summed E-state index contributed by atoms with van der Waals surface area (Å²) in [5.74, 6) is 0. The lowest BCUT2D eigenvalue weighted by Gasteiger charge is -2.20. The Hall–Kier alpha value is -1.11. The van der Waals surface area contributed by atoms with E-state index < -0.39 is 15.6 Å². The number of nitrogen functional groups attached to an aromatic ring is 1. The van der Waals surface area contributed by atoms with Gasteiger partial charge in [0.05, 0.1) is 10.5 Å². The molecule has 1 aliphatic heterocycles. The van der Waals surface area contributed by atoms with Gasteiger partial charge >= 0.3 is 0 Å². The molecule has 1 heterocycles. The maximum Gasteiger partial charge on any atom is 0.243 e. The van der Waals surface area contributed by atoms with Crippen molar-refractivity contribution in [1.29, 1.82) is 0 Å². The highest BCUT2D eigenvalue weighted by molar-refractivity contribution is 7.89. The van der Waals surface area contributed by atoms with Gasteiger partial charge in [-0.15, -0.1) is 0 Å². The van der Waals surface area contributed by atoms with Crippen LogP contribution in [0, 0.1) is 6.92 Å². The van der Waals surface area contributed by atoms with E-state index in [0.717, 1.165) is 0 Å². The monoisotopic (exact) mass is 270 g/mol. The van der Waals surface area contributed by atoms with Crippen molar-refractivity contribution in [3.63, 3.8) is 0 Å². The van der Waals surface area contributed by atoms with Crippen LogP contribution in [0.25, 0.3) is 0 Å². The third kappa shape index (κ3) is 2.36. The molecule has 1 atom stereocenters. The van der Waals surface area contributed by atoms with Crippen molar-refractivity contribution in [2.45, 2.75) is 30.8 Å². The number of β-amino-alcohol motifs (C(OH)–C–C–N with tert-alkyl or cyclic N) is 1. The van der Waals surface area contributed by atoms with E-state index in [9.17, 15) is 13.5 Å². The van der Waals surface area contributed by atoms with E-state index in [0.29, 0.717) is 24.2 Å². The van der Waals surface area contributed by atoms with Crippen molar-refractivity contribution in [1.82, 2.24) is 4.31 Å². The number of nitrogens with zero attached hydrogens (tertiary/aromatic N) is 1. The largest absolute Gasteiger partial charge is 0.399 e. The summed E-state index contributed by atoms with van der Waals surface area (Å²) >= 11 is 0. The fourth-order valence-electron chi connectivity index (χ4n) is 2.21. The number of benzene rings is 1. The van der Waals surface area contributed by atoms with Crippen molar-refractivity contribution in [2.24, 2.45) is 0 Å². The first kappa shape index (κ1) is 13.3. The number of hydrogen-bond donors (Lipinski definition) is 2. The van der Waals surface area contributed by atoms with Gasteiger partial charge in [-0.1, -0.05) is 0 Å². The van der Waals surface area contributed by atoms with E-state index in [-0.39, 0.29) is 11.4 Å². The molecule has 1 saturated heterocycles. The van der Waals surface area contributed by atoms with Crippen LogP contribution in [0.3, 0.4) is 0 Å². The van der Waals surface area contributed by atoms with E-state index in [1.165, 1.54) is 10.4 Å². The Labute approximate surface area is 107 Å². The van der Waals surface area contributed by atoms with Crippen molar-refractivity contribution in [3.05, 3.63) is 23.8 Å². The molecular formula is C12H18N2O3S. The first-order valence-corrected chi connectivity index (χ1v) is 7.25. The lowest BCUT2D eigenvalue weighted by molar-refractivity contribution is 0.0762. The molecule has 0 aromatic heterocycles. The topological polar surface area (TPSA) is 83.6 Å². The molecule has 3 N–H and O–H groups in total. The van der Waals surface area contributed by atoms with Crippen molar-refractivity contribution in [3.8, 4) is 0 Å². The fraction of sp³-hybridized carbons (Fsp3) is 0.500. The zero-order valence-electron chi connectivity index (χ0n) is 10.5. The van der Waals surface area contributed by atoms with E-state index in [2.05, 4.69) is 0 Å². The molecule has 18 heavy (non-hydrogen) atoms. The second kappa shape index (κ2) is 4.22. The zero-order chi connectivity index (χ0) is 13.6. The molecular weight excluding hydrogens is 252 g/mol. The van der Waals surface area contributed by atoms with Crippen LogP contribution in [0.15, 0.2) is 23.1 Å². The quantitative estimate of drug-likeness (QED) is 0.776. The van der Waals surface area contributed by atoms with Crippen LogP contribution in [0.1, 0.15) is 18.9 Å². The van der Waals surface area contributed by atoms with Gasteiger partial charge in [-0.2, -0.15) is 4.31 Å². The molecule has 6 heteroatoms. The van der Waals surface area contributed by atoms with Gasteiger partial charge in [0.25, 0.3) is 0 Å². The molecule has 0 aliphatic carbocycles. The molecule has 1 aliphatic rings. The summed E-state index contributed by atoms with van der Waals surface area (Å²) < 4.78 is 26.2. The van der Waals surface area contributed by atoms with Crippen LogP contribution >= 0.6 is 0 Å². The Kier molecular flexibility index (Phi) is 3.12. The van der Waals surface area contributed by atoms with Crippen LogP contribution in [0.2, 0.25) is 0 Å². The number of aryl methyl sites for hydroxylation is 1. The minimum absolute atomic E-state index is 0.138. The molecule has 2 rings (SSSR count). The average molecular weight is 270 g/mol. The molecule has 100 valence electrons. The van der Waals surface area contributed by atoms with E-state index in [4.69, 9.17) is 5.73 Å². The third-order valence-electron chi connectivity index (χ3n) is 3.23. The first-order valence-electron chi connectivity index (χ1n) is 5.81. The summed E-state index contributed by atoms with van der Waals surface area (Å²) in [6.07, 6.45) is 0.459. The zero-order valence-corrected chi connectivity index (χ0v) is 11.4. The van der Waals surface area contributed by atoms with Gasteiger partial charge in [-0.3, -0.25) is 0 Å². The minimum Gasteiger partial charge on any atom is -0.399 e. The van der Waals surface area contributed by atoms with E-state index in [1.807, 2.05) is 0 Å². The molecule has 1 fully saturated rings. The molecule has 1 aromatic carbocycles. The molecule has 0 radical (unpaired) electrons. The third-order valence-corrected chi connectivity index (χ3v) is 5.24. The van der Waals surface area contributed by atoms with Crippen molar-refractivity contribution < 1.29 is 13.5 Å². The van der Waals surface area contributed by atoms with Crippen LogP contribution < -0.4 is 5.73 Å². The minimum atomic E-state index is -3.54. The van der Waals surface area contributed by atoms with Gasteiger partial charge in [0, 0.05) is 18.8 Å². The second-order valence-corrected chi connectivity index (χ2v) is 7.02. The molecule has 0 amide bonds. The van der Waals surface area contributed by atoms with Gasteiger partial charge in [-0.05, 0) is 44.0 Å². The first-order chi connectivity index (χ1) is 8.22. The van der Waals surface area contributed by atoms with Gasteiger partial charge in [0.15, 0.2) is 0 Å².